The highest BCUT2D eigenvalue weighted by atomic mass is 16.7. The average Bonchev–Trinajstić information content (AvgIpc) is 3.90. The molecule has 1 aromatic heterocycles. The molecular formula is C53H61N5O13. The first-order valence-corrected chi connectivity index (χ1v) is 23.2. The van der Waals surface area contributed by atoms with E-state index in [0.29, 0.717) is 66.8 Å². The maximum Gasteiger partial charge on any atom is 0.363 e. The molecule has 0 spiro atoms. The molecule has 71 heavy (non-hydrogen) atoms. The van der Waals surface area contributed by atoms with Crippen molar-refractivity contribution in [1.29, 1.82) is 0 Å². The number of esters is 2. The summed E-state index contributed by atoms with van der Waals surface area (Å²) in [6.07, 6.45) is 4.12. The molecule has 0 aliphatic carbocycles. The average molecular weight is 976 g/mol. The largest absolute Gasteiger partial charge is 0.493 e. The van der Waals surface area contributed by atoms with Gasteiger partial charge in [-0.15, -0.1) is 4.91 Å². The van der Waals surface area contributed by atoms with E-state index in [1.807, 2.05) is 67.6 Å². The molecule has 0 radical (unpaired) electrons. The number of likely N-dealkylation sites (N-methyl/N-ethyl adjacent to an activating group) is 1. The Hall–Kier alpha value is -7.99. The third-order valence-electron chi connectivity index (χ3n) is 11.0. The Kier molecular flexibility index (Phi) is 23.3. The highest BCUT2D eigenvalue weighted by Crippen LogP contribution is 2.29. The Morgan fingerprint density at radius 1 is 0.803 bits per heavy atom. The topological polar surface area (TPSA) is 238 Å². The minimum absolute atomic E-state index is 0.00361. The van der Waals surface area contributed by atoms with Crippen LogP contribution in [0.4, 0.5) is 5.69 Å². The van der Waals surface area contributed by atoms with Gasteiger partial charge in [0.2, 0.25) is 12.3 Å². The van der Waals surface area contributed by atoms with Crippen LogP contribution in [-0.4, -0.2) is 79.9 Å². The number of rotatable bonds is 27. The monoisotopic (exact) mass is 975 g/mol. The van der Waals surface area contributed by atoms with Gasteiger partial charge in [-0.2, -0.15) is 5.06 Å². The van der Waals surface area contributed by atoms with Crippen molar-refractivity contribution in [1.82, 2.24) is 21.0 Å². The number of nitroso groups, excluding NO2 is 1. The molecule has 3 unspecified atom stereocenters. The molecule has 18 nitrogen and oxygen atoms in total. The second-order valence-corrected chi connectivity index (χ2v) is 16.0. The Bertz CT molecular complexity index is 2530. The number of hydroxylamine groups is 2. The molecule has 5 rings (SSSR count). The minimum Gasteiger partial charge on any atom is -0.493 e. The first-order valence-electron chi connectivity index (χ1n) is 23.2. The van der Waals surface area contributed by atoms with E-state index in [2.05, 4.69) is 21.1 Å². The summed E-state index contributed by atoms with van der Waals surface area (Å²) in [6.45, 7) is 7.71. The van der Waals surface area contributed by atoms with Crippen LogP contribution in [-0.2, 0) is 46.7 Å². The fraction of sp³-hybridized carbons (Fsp3) is 0.340. The van der Waals surface area contributed by atoms with Crippen molar-refractivity contribution in [2.45, 2.75) is 91.5 Å². The molecule has 0 saturated carbocycles. The quantitative estimate of drug-likeness (QED) is 0.0112. The molecule has 0 aliphatic heterocycles. The predicted octanol–water partition coefficient (Wildman–Crippen LogP) is 8.32. The van der Waals surface area contributed by atoms with Gasteiger partial charge >= 0.3 is 17.9 Å². The number of amides is 3. The minimum atomic E-state index is -0.822. The number of carbonyl (C=O) groups is 7. The van der Waals surface area contributed by atoms with E-state index >= 15 is 0 Å². The summed E-state index contributed by atoms with van der Waals surface area (Å²) in [5.41, 5.74) is 3.52. The third kappa shape index (κ3) is 17.5. The third-order valence-corrected chi connectivity index (χ3v) is 11.0. The van der Waals surface area contributed by atoms with E-state index in [9.17, 15) is 38.5 Å². The zero-order chi connectivity index (χ0) is 51.5. The second-order valence-electron chi connectivity index (χ2n) is 16.0. The number of nitrogens with one attached hydrogen (secondary N) is 3. The van der Waals surface area contributed by atoms with Crippen LogP contribution in [0.15, 0.2) is 119 Å². The summed E-state index contributed by atoms with van der Waals surface area (Å²) in [5.74, 6) is -2.73. The van der Waals surface area contributed by atoms with E-state index in [1.54, 1.807) is 52.1 Å². The number of aldehydes is 1. The highest BCUT2D eigenvalue weighted by Gasteiger charge is 2.34. The van der Waals surface area contributed by atoms with Gasteiger partial charge in [0.05, 0.1) is 42.8 Å². The van der Waals surface area contributed by atoms with Crippen molar-refractivity contribution in [3.8, 4) is 17.1 Å². The predicted molar refractivity (Wildman–Crippen MR) is 263 cm³/mol. The van der Waals surface area contributed by atoms with Gasteiger partial charge in [-0.05, 0) is 98.1 Å². The molecule has 0 bridgehead atoms. The summed E-state index contributed by atoms with van der Waals surface area (Å²) in [5, 5.41) is 11.8. The number of hydrogen-bond acceptors (Lipinski definition) is 15. The van der Waals surface area contributed by atoms with Gasteiger partial charge in [0.15, 0.2) is 12.0 Å². The molecule has 3 N–H and O–H groups in total. The highest BCUT2D eigenvalue weighted by molar-refractivity contribution is 5.93. The number of furan rings is 1. The van der Waals surface area contributed by atoms with Crippen LogP contribution in [0, 0.1) is 17.7 Å². The summed E-state index contributed by atoms with van der Waals surface area (Å²) in [4.78, 5) is 103. The molecule has 4 aromatic carbocycles. The van der Waals surface area contributed by atoms with Crippen LogP contribution in [0.2, 0.25) is 0 Å². The lowest BCUT2D eigenvalue weighted by atomic mass is 9.90. The Labute approximate surface area is 412 Å². The molecule has 5 aromatic rings. The van der Waals surface area contributed by atoms with Crippen LogP contribution < -0.4 is 20.7 Å². The standard InChI is InChI=1S/C34H40N4O9.C19H21NO4/c1-5-8-9-10-27(28(6-2)38(21-40)47-34(43)26-14-13-25(37-44)17-22(26)4)32(41)35-20-36-33(42)30-16-15-29(46-30)23-11-12-24(19-39)31(18-23)45-7-3;1-20-17(19(22)24-14-16-10-6-3-7-11-16)12-18(21)23-13-15-8-4-2-5-9-15/h11-19,21,27-28H,5-10,20H2,1-4H3,(H,35,41)(H,36,42);2-11,17,20H,12-14H2,1H3. The van der Waals surface area contributed by atoms with E-state index in [-0.39, 0.29) is 43.3 Å². The van der Waals surface area contributed by atoms with E-state index in [1.165, 1.54) is 24.3 Å². The van der Waals surface area contributed by atoms with Gasteiger partial charge in [-0.25, -0.2) is 4.79 Å². The Morgan fingerprint density at radius 3 is 2.08 bits per heavy atom. The van der Waals surface area contributed by atoms with Crippen molar-refractivity contribution >= 4 is 48.1 Å². The van der Waals surface area contributed by atoms with Crippen molar-refractivity contribution < 1.29 is 57.0 Å². The number of ether oxygens (including phenoxy) is 3. The summed E-state index contributed by atoms with van der Waals surface area (Å²) in [6, 6.07) is 29.5. The van der Waals surface area contributed by atoms with Gasteiger partial charge in [-0.3, -0.25) is 28.8 Å². The number of carbonyl (C=O) groups excluding carboxylic acids is 7. The first kappa shape index (κ1) is 55.6. The number of benzene rings is 4. The van der Waals surface area contributed by atoms with Gasteiger partial charge in [-0.1, -0.05) is 99.8 Å². The molecule has 18 heteroatoms. The van der Waals surface area contributed by atoms with Crippen LogP contribution in [0.3, 0.4) is 0 Å². The zero-order valence-corrected chi connectivity index (χ0v) is 40.6. The first-order chi connectivity index (χ1) is 34.4. The lowest BCUT2D eigenvalue weighted by Crippen LogP contribution is -2.49. The van der Waals surface area contributed by atoms with Crippen LogP contribution in [0.25, 0.3) is 11.3 Å². The van der Waals surface area contributed by atoms with E-state index in [0.717, 1.165) is 29.0 Å². The summed E-state index contributed by atoms with van der Waals surface area (Å²) in [7, 11) is 1.61. The van der Waals surface area contributed by atoms with Crippen molar-refractivity contribution in [3.05, 3.63) is 148 Å². The van der Waals surface area contributed by atoms with Gasteiger partial charge in [0.1, 0.15) is 36.5 Å². The second kappa shape index (κ2) is 29.8. The number of nitrogens with zero attached hydrogens (tertiary/aromatic N) is 2. The maximum atomic E-state index is 13.4. The van der Waals surface area contributed by atoms with Crippen molar-refractivity contribution in [3.63, 3.8) is 0 Å². The van der Waals surface area contributed by atoms with Gasteiger partial charge < -0.3 is 39.4 Å². The number of aryl methyl sites for hydroxylation is 1. The molecule has 3 amide bonds. The molecular weight excluding hydrogens is 915 g/mol. The SMILES string of the molecule is CCCCCC(C(=O)NCNC(=O)c1ccc(-c2ccc(C=O)c(OCC)c2)o1)C(CC)N(C=O)OC(=O)c1ccc(N=O)cc1C.CNC(CC(=O)OCc1ccccc1)C(=O)OCc1ccccc1. The smallest absolute Gasteiger partial charge is 0.363 e. The normalized spacial score (nSPS) is 11.8. The number of hydrogen-bond donors (Lipinski definition) is 3. The van der Waals surface area contributed by atoms with E-state index in [4.69, 9.17) is 23.5 Å². The van der Waals surface area contributed by atoms with Crippen LogP contribution in [0.1, 0.15) is 107 Å². The van der Waals surface area contributed by atoms with Gasteiger partial charge in [0.25, 0.3) is 5.91 Å². The summed E-state index contributed by atoms with van der Waals surface area (Å²) < 4.78 is 21.7. The molecule has 0 saturated heterocycles. The van der Waals surface area contributed by atoms with Crippen molar-refractivity contribution in [2.75, 3.05) is 20.3 Å². The Balaban J connectivity index is 0.000000381. The summed E-state index contributed by atoms with van der Waals surface area (Å²) >= 11 is 0. The van der Waals surface area contributed by atoms with Crippen molar-refractivity contribution in [2.24, 2.45) is 11.1 Å². The molecule has 3 atom stereocenters. The molecule has 376 valence electrons. The maximum absolute atomic E-state index is 13.4. The fourth-order valence-corrected chi connectivity index (χ4v) is 7.21. The molecule has 1 heterocycles. The lowest BCUT2D eigenvalue weighted by molar-refractivity contribution is -0.171. The van der Waals surface area contributed by atoms with E-state index < -0.39 is 47.7 Å². The molecule has 0 aliphatic rings. The van der Waals surface area contributed by atoms with Gasteiger partial charge in [0, 0.05) is 5.56 Å². The fourth-order valence-electron chi connectivity index (χ4n) is 7.21. The van der Waals surface area contributed by atoms with Crippen LogP contribution >= 0.6 is 0 Å². The zero-order valence-electron chi connectivity index (χ0n) is 40.6. The van der Waals surface area contributed by atoms with Crippen LogP contribution in [0.5, 0.6) is 5.75 Å². The Morgan fingerprint density at radius 2 is 1.49 bits per heavy atom. The molecule has 0 fully saturated rings. The lowest BCUT2D eigenvalue weighted by Gasteiger charge is -2.32. The number of unbranched alkanes of at least 4 members (excludes halogenated alkanes) is 2.